The lowest BCUT2D eigenvalue weighted by Gasteiger charge is -2.00. The Labute approximate surface area is 73.4 Å². The van der Waals surface area contributed by atoms with Gasteiger partial charge in [0.1, 0.15) is 5.03 Å². The van der Waals surface area contributed by atoms with Gasteiger partial charge in [0.2, 0.25) is 5.95 Å². The molecule has 0 fully saturated rings. The van der Waals surface area contributed by atoms with E-state index in [4.69, 9.17) is 5.73 Å². The maximum absolute atomic E-state index is 5.35. The van der Waals surface area contributed by atoms with Crippen LogP contribution in [-0.4, -0.2) is 27.7 Å². The maximum Gasteiger partial charge on any atom is 0.241 e. The fourth-order valence-electron chi connectivity index (χ4n) is 0.575. The third-order valence-corrected chi connectivity index (χ3v) is 2.49. The fraction of sp³-hybridized carbons (Fsp3) is 0.400. The van der Waals surface area contributed by atoms with E-state index in [2.05, 4.69) is 15.2 Å². The molecule has 4 nitrogen and oxygen atoms in total. The smallest absolute Gasteiger partial charge is 0.241 e. The lowest BCUT2D eigenvalue weighted by Crippen LogP contribution is -1.99. The summed E-state index contributed by atoms with van der Waals surface area (Å²) in [5.41, 5.74) is 5.35. The van der Waals surface area contributed by atoms with E-state index in [0.717, 1.165) is 10.1 Å². The second-order valence-electron chi connectivity index (χ2n) is 1.69. The number of nitrogen functional groups attached to an aromatic ring is 1. The van der Waals surface area contributed by atoms with Crippen LogP contribution in [0.1, 0.15) is 0 Å². The van der Waals surface area contributed by atoms with E-state index >= 15 is 0 Å². The molecular weight excluding hydrogens is 180 g/mol. The third kappa shape index (κ3) is 1.97. The minimum atomic E-state index is 0.229. The van der Waals surface area contributed by atoms with Gasteiger partial charge in [0.25, 0.3) is 0 Å². The average molecular weight is 188 g/mol. The molecular formula is C5H8N4S2. The number of hydrogen-bond acceptors (Lipinski definition) is 6. The lowest BCUT2D eigenvalue weighted by molar-refractivity contribution is 0.815. The van der Waals surface area contributed by atoms with Crippen molar-refractivity contribution in [3.8, 4) is 0 Å². The monoisotopic (exact) mass is 188 g/mol. The molecule has 0 aliphatic heterocycles. The number of thioether (sulfide) groups is 2. The van der Waals surface area contributed by atoms with E-state index in [1.807, 2.05) is 12.5 Å². The van der Waals surface area contributed by atoms with Crippen LogP contribution < -0.4 is 5.73 Å². The first-order chi connectivity index (χ1) is 5.27. The number of hydrogen-bond donors (Lipinski definition) is 1. The Balaban J connectivity index is 3.06. The first kappa shape index (κ1) is 8.61. The first-order valence-electron chi connectivity index (χ1n) is 2.86. The van der Waals surface area contributed by atoms with Crippen molar-refractivity contribution >= 4 is 29.5 Å². The van der Waals surface area contributed by atoms with Crippen LogP contribution >= 0.6 is 23.5 Å². The molecule has 2 N–H and O–H groups in total. The molecule has 11 heavy (non-hydrogen) atoms. The van der Waals surface area contributed by atoms with Crippen molar-refractivity contribution in [3.05, 3.63) is 0 Å². The van der Waals surface area contributed by atoms with E-state index in [0.29, 0.717) is 0 Å². The summed E-state index contributed by atoms with van der Waals surface area (Å²) in [4.78, 5) is 4.01. The zero-order chi connectivity index (χ0) is 8.27. The van der Waals surface area contributed by atoms with E-state index in [9.17, 15) is 0 Å². The highest BCUT2D eigenvalue weighted by Crippen LogP contribution is 2.22. The molecule has 0 unspecified atom stereocenters. The van der Waals surface area contributed by atoms with E-state index < -0.39 is 0 Å². The zero-order valence-corrected chi connectivity index (χ0v) is 7.87. The molecule has 1 aromatic heterocycles. The largest absolute Gasteiger partial charge is 0.366 e. The SMILES string of the molecule is CSc1nnc(N)nc1SC. The molecule has 1 aromatic rings. The van der Waals surface area contributed by atoms with Crippen LogP contribution in [0, 0.1) is 0 Å². The lowest BCUT2D eigenvalue weighted by atomic mass is 10.8. The van der Waals surface area contributed by atoms with Crippen LogP contribution in [0.15, 0.2) is 10.1 Å². The van der Waals surface area contributed by atoms with Gasteiger partial charge in [0.05, 0.1) is 0 Å². The van der Waals surface area contributed by atoms with Gasteiger partial charge in [0.15, 0.2) is 5.03 Å². The third-order valence-electron chi connectivity index (χ3n) is 1.03. The van der Waals surface area contributed by atoms with Crippen LogP contribution in [0.5, 0.6) is 0 Å². The molecule has 1 rings (SSSR count). The van der Waals surface area contributed by atoms with Gasteiger partial charge >= 0.3 is 0 Å². The predicted octanol–water partition coefficient (Wildman–Crippen LogP) is 0.898. The summed E-state index contributed by atoms with van der Waals surface area (Å²) in [6, 6.07) is 0. The van der Waals surface area contributed by atoms with Crippen LogP contribution in [-0.2, 0) is 0 Å². The van der Waals surface area contributed by atoms with Crippen LogP contribution in [0.25, 0.3) is 0 Å². The van der Waals surface area contributed by atoms with Gasteiger partial charge in [-0.1, -0.05) is 0 Å². The van der Waals surface area contributed by atoms with Gasteiger partial charge in [-0.05, 0) is 12.5 Å². The summed E-state index contributed by atoms with van der Waals surface area (Å²) in [6.45, 7) is 0. The second-order valence-corrected chi connectivity index (χ2v) is 3.28. The van der Waals surface area contributed by atoms with Crippen molar-refractivity contribution in [3.63, 3.8) is 0 Å². The minimum absolute atomic E-state index is 0.229. The van der Waals surface area contributed by atoms with Crippen molar-refractivity contribution in [2.45, 2.75) is 10.1 Å². The van der Waals surface area contributed by atoms with Gasteiger partial charge in [0, 0.05) is 0 Å². The summed E-state index contributed by atoms with van der Waals surface area (Å²) < 4.78 is 0. The van der Waals surface area contributed by atoms with Crippen LogP contribution in [0.3, 0.4) is 0 Å². The topological polar surface area (TPSA) is 64.7 Å². The maximum atomic E-state index is 5.35. The number of rotatable bonds is 2. The first-order valence-corrected chi connectivity index (χ1v) is 5.31. The van der Waals surface area contributed by atoms with Crippen molar-refractivity contribution in [2.24, 2.45) is 0 Å². The Morgan fingerprint density at radius 1 is 1.09 bits per heavy atom. The quantitative estimate of drug-likeness (QED) is 0.696. The Morgan fingerprint density at radius 2 is 1.73 bits per heavy atom. The molecule has 0 spiro atoms. The summed E-state index contributed by atoms with van der Waals surface area (Å²) >= 11 is 3.04. The van der Waals surface area contributed by atoms with Crippen LogP contribution in [0.4, 0.5) is 5.95 Å². The summed E-state index contributed by atoms with van der Waals surface area (Å²) in [5.74, 6) is 0.229. The number of aromatic nitrogens is 3. The average Bonchev–Trinajstić information content (AvgIpc) is 2.04. The zero-order valence-electron chi connectivity index (χ0n) is 6.24. The van der Waals surface area contributed by atoms with Gasteiger partial charge in [-0.25, -0.2) is 4.98 Å². The highest BCUT2D eigenvalue weighted by atomic mass is 32.2. The van der Waals surface area contributed by atoms with Gasteiger partial charge in [-0.2, -0.15) is 0 Å². The number of nitrogens with zero attached hydrogens (tertiary/aromatic N) is 3. The Morgan fingerprint density at radius 3 is 2.27 bits per heavy atom. The molecule has 0 saturated heterocycles. The standard InChI is InChI=1S/C5H8N4S2/c1-10-3-4(11-2)8-9-5(6)7-3/h1-2H3,(H2,6,7,9). The molecule has 1 heterocycles. The molecule has 0 aliphatic rings. The van der Waals surface area contributed by atoms with Crippen molar-refractivity contribution in [1.29, 1.82) is 0 Å². The highest BCUT2D eigenvalue weighted by Gasteiger charge is 2.04. The highest BCUT2D eigenvalue weighted by molar-refractivity contribution is 8.01. The van der Waals surface area contributed by atoms with Crippen LogP contribution in [0.2, 0.25) is 0 Å². The summed E-state index contributed by atoms with van der Waals surface area (Å²) in [6.07, 6.45) is 3.87. The molecule has 60 valence electrons. The number of anilines is 1. The van der Waals surface area contributed by atoms with Crippen molar-refractivity contribution in [2.75, 3.05) is 18.2 Å². The van der Waals surface area contributed by atoms with Gasteiger partial charge in [-0.3, -0.25) is 0 Å². The van der Waals surface area contributed by atoms with E-state index in [-0.39, 0.29) is 5.95 Å². The fourth-order valence-corrected chi connectivity index (χ4v) is 1.82. The Hall–Kier alpha value is -0.490. The van der Waals surface area contributed by atoms with Crippen molar-refractivity contribution in [1.82, 2.24) is 15.2 Å². The molecule has 0 amide bonds. The minimum Gasteiger partial charge on any atom is -0.366 e. The number of nitrogens with two attached hydrogens (primary N) is 1. The Kier molecular flexibility index (Phi) is 2.95. The molecule has 0 aliphatic carbocycles. The Bertz CT molecular complexity index is 252. The molecule has 0 aromatic carbocycles. The van der Waals surface area contributed by atoms with E-state index in [1.165, 1.54) is 23.5 Å². The normalized spacial score (nSPS) is 10.0. The molecule has 6 heteroatoms. The van der Waals surface area contributed by atoms with Gasteiger partial charge < -0.3 is 5.73 Å². The molecule has 0 bridgehead atoms. The molecule has 0 atom stereocenters. The van der Waals surface area contributed by atoms with Crippen molar-refractivity contribution < 1.29 is 0 Å². The summed E-state index contributed by atoms with van der Waals surface area (Å²) in [5, 5.41) is 9.18. The summed E-state index contributed by atoms with van der Waals surface area (Å²) in [7, 11) is 0. The molecule has 0 saturated carbocycles. The second kappa shape index (κ2) is 3.77. The molecule has 0 radical (unpaired) electrons. The predicted molar refractivity (Wildman–Crippen MR) is 47.8 cm³/mol. The van der Waals surface area contributed by atoms with Gasteiger partial charge in [-0.15, -0.1) is 33.7 Å². The van der Waals surface area contributed by atoms with E-state index in [1.54, 1.807) is 0 Å².